The summed E-state index contributed by atoms with van der Waals surface area (Å²) in [6.07, 6.45) is 0.622. The van der Waals surface area contributed by atoms with Crippen LogP contribution in [0.3, 0.4) is 0 Å². The molecule has 0 atom stereocenters. The van der Waals surface area contributed by atoms with Crippen molar-refractivity contribution in [2.24, 2.45) is 0 Å². The predicted octanol–water partition coefficient (Wildman–Crippen LogP) is 3.28. The molecular formula is C11H10ClFN2O. The van der Waals surface area contributed by atoms with E-state index in [1.165, 1.54) is 6.07 Å². The maximum Gasteiger partial charge on any atom is 0.225 e. The molecule has 5 heteroatoms. The predicted molar refractivity (Wildman–Crippen MR) is 60.7 cm³/mol. The normalized spacial score (nSPS) is 10.7. The van der Waals surface area contributed by atoms with Gasteiger partial charge in [0, 0.05) is 11.1 Å². The zero-order valence-corrected chi connectivity index (χ0v) is 9.38. The third-order valence-corrected chi connectivity index (χ3v) is 2.67. The number of nitrogens with zero attached hydrogens (tertiary/aromatic N) is 1. The van der Waals surface area contributed by atoms with Crippen LogP contribution in [0.4, 0.5) is 10.3 Å². The van der Waals surface area contributed by atoms with Gasteiger partial charge in [-0.1, -0.05) is 29.7 Å². The van der Waals surface area contributed by atoms with Crippen molar-refractivity contribution in [2.45, 2.75) is 13.3 Å². The molecule has 0 radical (unpaired) electrons. The summed E-state index contributed by atoms with van der Waals surface area (Å²) >= 11 is 5.70. The van der Waals surface area contributed by atoms with Crippen LogP contribution in [-0.4, -0.2) is 5.16 Å². The molecule has 2 aromatic rings. The first-order valence-electron chi connectivity index (χ1n) is 4.83. The second kappa shape index (κ2) is 4.14. The van der Waals surface area contributed by atoms with Crippen LogP contribution in [0.15, 0.2) is 22.7 Å². The number of hydrogen-bond donors (Lipinski definition) is 1. The van der Waals surface area contributed by atoms with E-state index in [4.69, 9.17) is 21.9 Å². The Kier molecular flexibility index (Phi) is 2.83. The fourth-order valence-electron chi connectivity index (χ4n) is 1.56. The molecule has 0 spiro atoms. The van der Waals surface area contributed by atoms with Crippen molar-refractivity contribution in [3.05, 3.63) is 34.6 Å². The maximum atomic E-state index is 13.8. The number of nitrogen functional groups attached to an aromatic ring is 1. The van der Waals surface area contributed by atoms with Crippen LogP contribution in [0.5, 0.6) is 0 Å². The first kappa shape index (κ1) is 11.0. The lowest BCUT2D eigenvalue weighted by Crippen LogP contribution is -1.92. The number of aromatic nitrogens is 1. The summed E-state index contributed by atoms with van der Waals surface area (Å²) in [6.45, 7) is 1.90. The molecule has 1 heterocycles. The fraction of sp³-hybridized carbons (Fsp3) is 0.182. The van der Waals surface area contributed by atoms with Crippen LogP contribution in [0.2, 0.25) is 5.02 Å². The lowest BCUT2D eigenvalue weighted by molar-refractivity contribution is 0.438. The van der Waals surface area contributed by atoms with Crippen molar-refractivity contribution < 1.29 is 8.91 Å². The van der Waals surface area contributed by atoms with E-state index in [1.54, 1.807) is 12.1 Å². The van der Waals surface area contributed by atoms with Crippen LogP contribution in [0, 0.1) is 5.82 Å². The Labute approximate surface area is 97.0 Å². The molecule has 0 aliphatic rings. The van der Waals surface area contributed by atoms with Crippen molar-refractivity contribution in [3.8, 4) is 11.3 Å². The van der Waals surface area contributed by atoms with E-state index >= 15 is 0 Å². The van der Waals surface area contributed by atoms with Crippen molar-refractivity contribution in [1.82, 2.24) is 5.16 Å². The average Bonchev–Trinajstić information content (AvgIpc) is 2.63. The molecule has 0 unspecified atom stereocenters. The van der Waals surface area contributed by atoms with Gasteiger partial charge < -0.3 is 10.3 Å². The standard InChI is InChI=1S/C11H10ClFN2O/c1-2-6-10(15-16-11(6)14)7-4-3-5-8(12)9(7)13/h3-5H,2,14H2,1H3. The van der Waals surface area contributed by atoms with Crippen molar-refractivity contribution in [2.75, 3.05) is 5.73 Å². The minimum Gasteiger partial charge on any atom is -0.367 e. The molecule has 1 aromatic heterocycles. The summed E-state index contributed by atoms with van der Waals surface area (Å²) in [7, 11) is 0. The summed E-state index contributed by atoms with van der Waals surface area (Å²) in [4.78, 5) is 0. The smallest absolute Gasteiger partial charge is 0.225 e. The summed E-state index contributed by atoms with van der Waals surface area (Å²) in [6, 6.07) is 4.73. The Bertz CT molecular complexity index is 525. The second-order valence-electron chi connectivity index (χ2n) is 3.33. The fourth-order valence-corrected chi connectivity index (χ4v) is 1.74. The Balaban J connectivity index is 2.63. The van der Waals surface area contributed by atoms with Gasteiger partial charge in [-0.2, -0.15) is 0 Å². The van der Waals surface area contributed by atoms with E-state index in [0.717, 1.165) is 0 Å². The van der Waals surface area contributed by atoms with Gasteiger partial charge in [0.05, 0.1) is 5.02 Å². The van der Waals surface area contributed by atoms with Gasteiger partial charge in [-0.05, 0) is 18.6 Å². The lowest BCUT2D eigenvalue weighted by atomic mass is 10.1. The van der Waals surface area contributed by atoms with Gasteiger partial charge in [0.25, 0.3) is 0 Å². The molecule has 0 bridgehead atoms. The molecule has 0 amide bonds. The van der Waals surface area contributed by atoms with E-state index in [-0.39, 0.29) is 10.9 Å². The molecule has 0 aliphatic heterocycles. The number of halogens is 2. The molecular weight excluding hydrogens is 231 g/mol. The largest absolute Gasteiger partial charge is 0.367 e. The van der Waals surface area contributed by atoms with Gasteiger partial charge in [0.15, 0.2) is 5.82 Å². The van der Waals surface area contributed by atoms with Crippen molar-refractivity contribution in [1.29, 1.82) is 0 Å². The van der Waals surface area contributed by atoms with E-state index in [9.17, 15) is 4.39 Å². The molecule has 0 saturated carbocycles. The van der Waals surface area contributed by atoms with Crippen molar-refractivity contribution >= 4 is 17.5 Å². The molecule has 3 nitrogen and oxygen atoms in total. The first-order valence-corrected chi connectivity index (χ1v) is 5.21. The Hall–Kier alpha value is -1.55. The SMILES string of the molecule is CCc1c(-c2cccc(Cl)c2F)noc1N. The van der Waals surface area contributed by atoms with Gasteiger partial charge in [0.2, 0.25) is 5.88 Å². The van der Waals surface area contributed by atoms with E-state index < -0.39 is 5.82 Å². The number of hydrogen-bond acceptors (Lipinski definition) is 3. The number of anilines is 1. The third-order valence-electron chi connectivity index (χ3n) is 2.38. The average molecular weight is 241 g/mol. The highest BCUT2D eigenvalue weighted by Gasteiger charge is 2.18. The van der Waals surface area contributed by atoms with Crippen LogP contribution in [0.25, 0.3) is 11.3 Å². The summed E-state index contributed by atoms with van der Waals surface area (Å²) < 4.78 is 18.6. The maximum absolute atomic E-state index is 13.8. The molecule has 16 heavy (non-hydrogen) atoms. The molecule has 0 fully saturated rings. The van der Waals surface area contributed by atoms with Gasteiger partial charge in [-0.25, -0.2) is 4.39 Å². The van der Waals surface area contributed by atoms with Gasteiger partial charge in [-0.3, -0.25) is 0 Å². The highest BCUT2D eigenvalue weighted by molar-refractivity contribution is 6.31. The van der Waals surface area contributed by atoms with Crippen LogP contribution in [0.1, 0.15) is 12.5 Å². The lowest BCUT2D eigenvalue weighted by Gasteiger charge is -2.02. The Morgan fingerprint density at radius 1 is 1.50 bits per heavy atom. The third kappa shape index (κ3) is 1.65. The number of nitrogens with two attached hydrogens (primary N) is 1. The van der Waals surface area contributed by atoms with Gasteiger partial charge in [0.1, 0.15) is 5.69 Å². The van der Waals surface area contributed by atoms with Crippen LogP contribution in [-0.2, 0) is 6.42 Å². The molecule has 2 rings (SSSR count). The highest BCUT2D eigenvalue weighted by atomic mass is 35.5. The quantitative estimate of drug-likeness (QED) is 0.876. The van der Waals surface area contributed by atoms with Crippen LogP contribution >= 0.6 is 11.6 Å². The first-order chi connectivity index (χ1) is 7.65. The van der Waals surface area contributed by atoms with Crippen LogP contribution < -0.4 is 5.73 Å². The molecule has 0 aliphatic carbocycles. The van der Waals surface area contributed by atoms with E-state index in [2.05, 4.69) is 5.16 Å². The Morgan fingerprint density at radius 2 is 2.25 bits per heavy atom. The molecule has 84 valence electrons. The molecule has 2 N–H and O–H groups in total. The molecule has 0 saturated heterocycles. The molecule has 1 aromatic carbocycles. The number of rotatable bonds is 2. The Morgan fingerprint density at radius 3 is 2.94 bits per heavy atom. The zero-order chi connectivity index (χ0) is 11.7. The minimum absolute atomic E-state index is 0.0566. The zero-order valence-electron chi connectivity index (χ0n) is 8.63. The van der Waals surface area contributed by atoms with Crippen molar-refractivity contribution in [3.63, 3.8) is 0 Å². The second-order valence-corrected chi connectivity index (χ2v) is 3.74. The highest BCUT2D eigenvalue weighted by Crippen LogP contribution is 2.31. The summed E-state index contributed by atoms with van der Waals surface area (Å²) in [5, 5.41) is 3.82. The van der Waals surface area contributed by atoms with E-state index in [1.807, 2.05) is 6.92 Å². The van der Waals surface area contributed by atoms with E-state index in [0.29, 0.717) is 23.2 Å². The topological polar surface area (TPSA) is 52.0 Å². The van der Waals surface area contributed by atoms with Gasteiger partial charge >= 0.3 is 0 Å². The summed E-state index contributed by atoms with van der Waals surface area (Å²) in [5.41, 5.74) is 7.01. The number of benzene rings is 1. The monoisotopic (exact) mass is 240 g/mol. The summed E-state index contributed by atoms with van der Waals surface area (Å²) in [5.74, 6) is -0.288. The van der Waals surface area contributed by atoms with Gasteiger partial charge in [-0.15, -0.1) is 0 Å². The minimum atomic E-state index is -0.507.